The Hall–Kier alpha value is -3.36. The molecule has 0 aromatic heterocycles. The number of rotatable bonds is 14. The fourth-order valence-electron chi connectivity index (χ4n) is 9.18. The van der Waals surface area contributed by atoms with Crippen LogP contribution in [0.15, 0.2) is 84.9 Å². The van der Waals surface area contributed by atoms with E-state index in [-0.39, 0.29) is 36.4 Å². The first-order chi connectivity index (χ1) is 31.7. The summed E-state index contributed by atoms with van der Waals surface area (Å²) in [7, 11) is 0. The average molecular weight is 974 g/mol. The second-order valence-electron chi connectivity index (χ2n) is 18.2. The summed E-state index contributed by atoms with van der Waals surface area (Å²) in [4.78, 5) is 23.9. The Morgan fingerprint density at radius 2 is 1.04 bits per heavy atom. The Kier molecular flexibility index (Phi) is 21.0. The fraction of sp³-hybridized carbons (Fsp3) is 0.500. The number of esters is 2. The minimum atomic E-state index is -1.41. The van der Waals surface area contributed by atoms with Gasteiger partial charge in [0.05, 0.1) is 39.1 Å². The van der Waals surface area contributed by atoms with E-state index in [1.807, 2.05) is 38.1 Å². The molecule has 0 unspecified atom stereocenters. The van der Waals surface area contributed by atoms with Gasteiger partial charge in [-0.05, 0) is 88.7 Å². The Balaban J connectivity index is 0.000000250. The zero-order valence-electron chi connectivity index (χ0n) is 39.3. The summed E-state index contributed by atoms with van der Waals surface area (Å²) >= 11 is 13.0. The number of hydrogen-bond acceptors (Lipinski definition) is 13. The molecule has 4 aromatic carbocycles. The molecule has 13 nitrogen and oxygen atoms in total. The van der Waals surface area contributed by atoms with E-state index in [0.29, 0.717) is 40.3 Å². The maximum atomic E-state index is 12.0. The summed E-state index contributed by atoms with van der Waals surface area (Å²) in [5, 5.41) is 41.1. The van der Waals surface area contributed by atoms with Gasteiger partial charge < -0.3 is 54.3 Å². The minimum absolute atomic E-state index is 0. The summed E-state index contributed by atoms with van der Waals surface area (Å²) in [5.74, 6) is 0.241. The van der Waals surface area contributed by atoms with Gasteiger partial charge in [0.1, 0.15) is 42.7 Å². The van der Waals surface area contributed by atoms with Crippen LogP contribution in [0.4, 0.5) is 0 Å². The topological polar surface area (TPSA) is 200 Å². The monoisotopic (exact) mass is 972 g/mol. The molecule has 0 saturated carbocycles. The molecule has 0 spiro atoms. The van der Waals surface area contributed by atoms with Crippen molar-refractivity contribution in [1.82, 2.24) is 0 Å². The summed E-state index contributed by atoms with van der Waals surface area (Å²) in [6.45, 7) is 9.62. The summed E-state index contributed by atoms with van der Waals surface area (Å²) < 4.78 is 34.0. The van der Waals surface area contributed by atoms with Crippen molar-refractivity contribution in [3.8, 4) is 0 Å². The van der Waals surface area contributed by atoms with E-state index in [1.165, 1.54) is 25.0 Å². The van der Waals surface area contributed by atoms with E-state index in [4.69, 9.17) is 51.6 Å². The third kappa shape index (κ3) is 13.9. The molecule has 4 fully saturated rings. The van der Waals surface area contributed by atoms with Crippen LogP contribution in [0.5, 0.6) is 0 Å². The van der Waals surface area contributed by atoms with Gasteiger partial charge in [0.15, 0.2) is 6.10 Å². The van der Waals surface area contributed by atoms with Crippen molar-refractivity contribution in [3.05, 3.63) is 139 Å². The Morgan fingerprint density at radius 3 is 1.46 bits per heavy atom. The number of carbonyl (C=O) groups excluding carboxylic acids is 2. The molecule has 10 atom stereocenters. The van der Waals surface area contributed by atoms with Gasteiger partial charge in [-0.2, -0.15) is 0 Å². The van der Waals surface area contributed by atoms with Gasteiger partial charge in [-0.25, -0.2) is 0 Å². The fourth-order valence-corrected chi connectivity index (χ4v) is 9.55. The molecule has 16 heteroatoms. The van der Waals surface area contributed by atoms with Crippen molar-refractivity contribution >= 4 is 35.1 Å². The van der Waals surface area contributed by atoms with Crippen molar-refractivity contribution < 1.29 is 82.8 Å². The second-order valence-corrected chi connectivity index (χ2v) is 19.0. The molecule has 4 aliphatic heterocycles. The largest absolute Gasteiger partial charge is 1.00 e. The third-order valence-corrected chi connectivity index (χ3v) is 13.8. The number of aliphatic hydroxyl groups excluding tert-OH is 4. The van der Waals surface area contributed by atoms with E-state index < -0.39 is 67.4 Å². The first kappa shape index (κ1) is 55.6. The van der Waals surface area contributed by atoms with Crippen molar-refractivity contribution in [2.75, 3.05) is 33.0 Å². The van der Waals surface area contributed by atoms with Gasteiger partial charge in [0.25, 0.3) is 0 Å². The van der Waals surface area contributed by atoms with Crippen molar-refractivity contribution in [1.29, 1.82) is 0 Å². The zero-order valence-corrected chi connectivity index (χ0v) is 40.9. The van der Waals surface area contributed by atoms with Crippen LogP contribution < -0.4 is 18.9 Å². The van der Waals surface area contributed by atoms with Gasteiger partial charge in [-0.3, -0.25) is 9.59 Å². The van der Waals surface area contributed by atoms with Crippen LogP contribution in [0.25, 0.3) is 0 Å². The molecule has 0 aliphatic carbocycles. The Morgan fingerprint density at radius 1 is 0.618 bits per heavy atom. The van der Waals surface area contributed by atoms with Crippen molar-refractivity contribution in [2.24, 2.45) is 17.8 Å². The smallest absolute Gasteiger partial charge is 0.870 e. The zero-order chi connectivity index (χ0) is 47.1. The molecule has 68 heavy (non-hydrogen) atoms. The molecule has 4 saturated heterocycles. The number of benzene rings is 4. The van der Waals surface area contributed by atoms with Crippen molar-refractivity contribution in [3.63, 3.8) is 0 Å². The second kappa shape index (κ2) is 25.7. The summed E-state index contributed by atoms with van der Waals surface area (Å²) in [5.41, 5.74) is 8.15. The molecule has 4 aromatic rings. The van der Waals surface area contributed by atoms with Crippen LogP contribution in [0.3, 0.4) is 0 Å². The van der Waals surface area contributed by atoms with Crippen LogP contribution in [0.2, 0.25) is 10.0 Å². The predicted molar refractivity (Wildman–Crippen MR) is 250 cm³/mol. The quantitative estimate of drug-likeness (QED) is 0.105. The molecular formula is C52H63Cl2LiO13. The van der Waals surface area contributed by atoms with E-state index >= 15 is 0 Å². The molecule has 364 valence electrons. The van der Waals surface area contributed by atoms with Gasteiger partial charge in [0, 0.05) is 41.6 Å². The van der Waals surface area contributed by atoms with Crippen LogP contribution in [0.1, 0.15) is 90.8 Å². The summed E-state index contributed by atoms with van der Waals surface area (Å²) in [6.07, 6.45) is -3.95. The SMILES string of the molecule is CC[C@H]1O[C@@H](c2ccc(Cl)c(Cc3ccc(CC4COC4)cc3)c2)[C@H](OC(C)=O)[C@@H](OC(C)=O)[C@@H]1C.OC[C@H]1O[C@@H](c2ccc(Cl)c(Cc3ccc(CC4COC4)cc3)c2)[C@H](O)[C@@H](O)[C@@H]1O.[Li+].[OH-]. The standard InChI is InChI=1S/C29H35ClO6.C23H27ClO6.Li.H2O/c1-5-26-17(2)27(34-18(3)31)29(35-19(4)32)28(36-26)23-10-11-25(30)24(14-23)13-21-8-6-20(7-9-21)12-22-15-33-16-22;24-18-6-5-16(23-22(28)21(27)20(26)19(10-25)30-23)9-17(18)8-14-3-1-13(2-4-14)7-15-11-29-12-15;;/h6-11,14,17,22,26-29H,5,12-13,15-16H2,1-4H3;1-6,9,15,19-23,25-28H,7-8,10-12H2;;1H2/q;;+1;/p-1/t17-,26-,27+,28+,29-;19-,20-,21+,22-,23+;;/m11../s1. The average Bonchev–Trinajstić information content (AvgIpc) is 3.27. The normalized spacial score (nSPS) is 26.9. The Bertz CT molecular complexity index is 2240. The Labute approximate surface area is 420 Å². The van der Waals surface area contributed by atoms with Crippen LogP contribution in [-0.2, 0) is 63.7 Å². The van der Waals surface area contributed by atoms with E-state index in [2.05, 4.69) is 48.5 Å². The number of halogens is 2. The molecule has 0 radical (unpaired) electrons. The van der Waals surface area contributed by atoms with Gasteiger partial charge in [-0.1, -0.05) is 110 Å². The molecule has 4 aliphatic rings. The molecule has 4 heterocycles. The number of hydrogen-bond donors (Lipinski definition) is 4. The molecule has 8 rings (SSSR count). The van der Waals surface area contributed by atoms with E-state index in [9.17, 15) is 30.0 Å². The van der Waals surface area contributed by atoms with E-state index in [0.717, 1.165) is 73.5 Å². The maximum Gasteiger partial charge on any atom is 1.00 e. The van der Waals surface area contributed by atoms with Crippen LogP contribution in [-0.4, -0.2) is 114 Å². The number of aliphatic hydroxyl groups is 4. The van der Waals surface area contributed by atoms with Gasteiger partial charge in [0.2, 0.25) is 0 Å². The first-order valence-electron chi connectivity index (χ1n) is 22.9. The molecular weight excluding hydrogens is 910 g/mol. The molecule has 0 amide bonds. The van der Waals surface area contributed by atoms with Gasteiger partial charge >= 0.3 is 30.8 Å². The number of carbonyl (C=O) groups is 2. The van der Waals surface area contributed by atoms with Crippen molar-refractivity contribution in [2.45, 2.75) is 115 Å². The maximum absolute atomic E-state index is 12.0. The van der Waals surface area contributed by atoms with E-state index in [1.54, 1.807) is 12.1 Å². The number of ether oxygens (including phenoxy) is 6. The van der Waals surface area contributed by atoms with Crippen LogP contribution in [0, 0.1) is 17.8 Å². The minimum Gasteiger partial charge on any atom is -0.870 e. The summed E-state index contributed by atoms with van der Waals surface area (Å²) in [6, 6.07) is 28.1. The van der Waals surface area contributed by atoms with Gasteiger partial charge in [-0.15, -0.1) is 0 Å². The predicted octanol–water partition coefficient (Wildman–Crippen LogP) is 3.93. The third-order valence-electron chi connectivity index (χ3n) is 13.0. The molecule has 0 bridgehead atoms. The molecule has 5 N–H and O–H groups in total. The first-order valence-corrected chi connectivity index (χ1v) is 23.6. The van der Waals surface area contributed by atoms with Crippen LogP contribution >= 0.6 is 23.2 Å².